The van der Waals surface area contributed by atoms with Gasteiger partial charge in [-0.2, -0.15) is 5.26 Å². The summed E-state index contributed by atoms with van der Waals surface area (Å²) >= 11 is 0. The predicted octanol–water partition coefficient (Wildman–Crippen LogP) is 4.66. The first-order valence-corrected chi connectivity index (χ1v) is 9.09. The van der Waals surface area contributed by atoms with Crippen LogP contribution in [0.5, 0.6) is 5.75 Å². The lowest BCUT2D eigenvalue weighted by Gasteiger charge is -2.12. The van der Waals surface area contributed by atoms with Crippen LogP contribution in [0.25, 0.3) is 22.4 Å². The summed E-state index contributed by atoms with van der Waals surface area (Å²) in [5.74, 6) is 1.99. The Morgan fingerprint density at radius 2 is 1.89 bits per heavy atom. The molecule has 1 heterocycles. The number of aryl methyl sites for hydroxylation is 1. The lowest BCUT2D eigenvalue weighted by molar-refractivity contribution is 0.188. The quantitative estimate of drug-likeness (QED) is 0.639. The lowest BCUT2D eigenvalue weighted by atomic mass is 10.0. The Labute approximate surface area is 160 Å². The van der Waals surface area contributed by atoms with Crippen molar-refractivity contribution in [3.8, 4) is 23.2 Å². The number of nitriles is 1. The van der Waals surface area contributed by atoms with Gasteiger partial charge in [0, 0.05) is 25.3 Å². The van der Waals surface area contributed by atoms with Crippen LogP contribution in [0, 0.1) is 18.3 Å². The Morgan fingerprint density at radius 3 is 2.44 bits per heavy atom. The number of hydrogen-bond acceptors (Lipinski definition) is 4. The number of benzene rings is 2. The zero-order valence-corrected chi connectivity index (χ0v) is 16.5. The summed E-state index contributed by atoms with van der Waals surface area (Å²) in [5, 5.41) is 9.45. The molecule has 0 spiro atoms. The highest BCUT2D eigenvalue weighted by Gasteiger charge is 2.20. The maximum Gasteiger partial charge on any atom is 0.146 e. The predicted molar refractivity (Wildman–Crippen MR) is 107 cm³/mol. The average Bonchev–Trinajstić information content (AvgIpc) is 3.07. The van der Waals surface area contributed by atoms with Gasteiger partial charge in [0.15, 0.2) is 0 Å². The van der Waals surface area contributed by atoms with E-state index in [-0.39, 0.29) is 0 Å². The van der Waals surface area contributed by atoms with Crippen molar-refractivity contribution in [1.29, 1.82) is 5.26 Å². The van der Waals surface area contributed by atoms with Gasteiger partial charge in [-0.05, 0) is 24.0 Å². The Hall–Kier alpha value is -2.84. The molecule has 0 N–H and O–H groups in total. The molecule has 0 aliphatic heterocycles. The average molecular weight is 363 g/mol. The van der Waals surface area contributed by atoms with E-state index >= 15 is 0 Å². The number of imidazole rings is 1. The second-order valence-electron chi connectivity index (χ2n) is 6.92. The number of nitrogens with zero attached hydrogens (tertiary/aromatic N) is 3. The van der Waals surface area contributed by atoms with Crippen molar-refractivity contribution in [2.24, 2.45) is 0 Å². The number of rotatable bonds is 6. The van der Waals surface area contributed by atoms with Crippen LogP contribution in [-0.4, -0.2) is 30.4 Å². The van der Waals surface area contributed by atoms with Gasteiger partial charge in [0.05, 0.1) is 30.9 Å². The molecule has 140 valence electrons. The molecule has 1 aromatic heterocycles. The van der Waals surface area contributed by atoms with Gasteiger partial charge >= 0.3 is 0 Å². The third-order valence-corrected chi connectivity index (χ3v) is 4.93. The molecule has 3 rings (SSSR count). The van der Waals surface area contributed by atoms with Gasteiger partial charge < -0.3 is 14.0 Å². The third-order valence-electron chi connectivity index (χ3n) is 4.93. The molecule has 5 heteroatoms. The van der Waals surface area contributed by atoms with Crippen LogP contribution in [0.1, 0.15) is 36.5 Å². The molecule has 0 atom stereocenters. The molecule has 27 heavy (non-hydrogen) atoms. The largest absolute Gasteiger partial charge is 0.494 e. The Balaban J connectivity index is 2.28. The van der Waals surface area contributed by atoms with E-state index in [2.05, 4.69) is 48.7 Å². The summed E-state index contributed by atoms with van der Waals surface area (Å²) in [6, 6.07) is 12.5. The van der Waals surface area contributed by atoms with Crippen molar-refractivity contribution in [3.63, 3.8) is 0 Å². The molecule has 0 bridgehead atoms. The highest BCUT2D eigenvalue weighted by molar-refractivity contribution is 5.90. The standard InChI is InChI=1S/C22H25N3O2/c1-14(2)16-6-8-17(9-7-16)22-24-20-15(3)18(13-23)12-19(27-5)21(20)25(22)10-11-26-4/h6-9,12,14H,10-11H2,1-5H3. The minimum Gasteiger partial charge on any atom is -0.494 e. The van der Waals surface area contributed by atoms with Crippen molar-refractivity contribution >= 4 is 11.0 Å². The number of fused-ring (bicyclic) bond motifs is 1. The van der Waals surface area contributed by atoms with E-state index in [0.29, 0.717) is 30.4 Å². The van der Waals surface area contributed by atoms with Gasteiger partial charge in [0.2, 0.25) is 0 Å². The summed E-state index contributed by atoms with van der Waals surface area (Å²) in [5.41, 5.74) is 5.46. The van der Waals surface area contributed by atoms with Gasteiger partial charge in [-0.3, -0.25) is 0 Å². The summed E-state index contributed by atoms with van der Waals surface area (Å²) in [7, 11) is 3.31. The minimum absolute atomic E-state index is 0.479. The van der Waals surface area contributed by atoms with Crippen molar-refractivity contribution in [2.75, 3.05) is 20.8 Å². The smallest absolute Gasteiger partial charge is 0.146 e. The Bertz CT molecular complexity index is 995. The second-order valence-corrected chi connectivity index (χ2v) is 6.92. The minimum atomic E-state index is 0.479. The van der Waals surface area contributed by atoms with Gasteiger partial charge in [-0.1, -0.05) is 38.1 Å². The van der Waals surface area contributed by atoms with Crippen molar-refractivity contribution in [2.45, 2.75) is 33.2 Å². The van der Waals surface area contributed by atoms with E-state index in [9.17, 15) is 5.26 Å². The van der Waals surface area contributed by atoms with E-state index in [4.69, 9.17) is 14.5 Å². The molecule has 0 aliphatic rings. The lowest BCUT2D eigenvalue weighted by Crippen LogP contribution is -2.07. The molecular weight excluding hydrogens is 338 g/mol. The van der Waals surface area contributed by atoms with Gasteiger partial charge in [-0.25, -0.2) is 4.98 Å². The highest BCUT2D eigenvalue weighted by Crippen LogP contribution is 2.35. The third kappa shape index (κ3) is 3.41. The van der Waals surface area contributed by atoms with Crippen LogP contribution in [0.2, 0.25) is 0 Å². The molecule has 5 nitrogen and oxygen atoms in total. The van der Waals surface area contributed by atoms with Crippen LogP contribution < -0.4 is 4.74 Å². The van der Waals surface area contributed by atoms with E-state index < -0.39 is 0 Å². The zero-order valence-electron chi connectivity index (χ0n) is 16.5. The molecule has 0 unspecified atom stereocenters. The van der Waals surface area contributed by atoms with Crippen LogP contribution in [0.15, 0.2) is 30.3 Å². The first-order valence-electron chi connectivity index (χ1n) is 9.09. The summed E-state index contributed by atoms with van der Waals surface area (Å²) in [6.45, 7) is 7.50. The maximum atomic E-state index is 9.45. The van der Waals surface area contributed by atoms with Crippen molar-refractivity contribution < 1.29 is 9.47 Å². The molecular formula is C22H25N3O2. The fourth-order valence-electron chi connectivity index (χ4n) is 3.31. The molecule has 0 aliphatic carbocycles. The van der Waals surface area contributed by atoms with Gasteiger partial charge in [0.1, 0.15) is 17.1 Å². The van der Waals surface area contributed by atoms with Gasteiger partial charge in [-0.15, -0.1) is 0 Å². The first-order chi connectivity index (χ1) is 13.0. The number of ether oxygens (including phenoxy) is 2. The molecule has 2 aromatic carbocycles. The molecule has 0 saturated heterocycles. The molecule has 0 radical (unpaired) electrons. The van der Waals surface area contributed by atoms with Crippen molar-refractivity contribution in [3.05, 3.63) is 47.0 Å². The monoisotopic (exact) mass is 363 g/mol. The Morgan fingerprint density at radius 1 is 1.19 bits per heavy atom. The first kappa shape index (κ1) is 18.9. The van der Waals surface area contributed by atoms with Crippen LogP contribution in [0.3, 0.4) is 0 Å². The number of aromatic nitrogens is 2. The molecule has 0 saturated carbocycles. The fraction of sp³-hybridized carbons (Fsp3) is 0.364. The van der Waals surface area contributed by atoms with Crippen LogP contribution in [0.4, 0.5) is 0 Å². The van der Waals surface area contributed by atoms with E-state index in [1.807, 2.05) is 6.92 Å². The summed E-state index contributed by atoms with van der Waals surface area (Å²) < 4.78 is 13.0. The van der Waals surface area contributed by atoms with Gasteiger partial charge in [0.25, 0.3) is 0 Å². The molecule has 3 aromatic rings. The highest BCUT2D eigenvalue weighted by atomic mass is 16.5. The number of hydrogen-bond donors (Lipinski definition) is 0. The number of methoxy groups -OCH3 is 2. The normalized spacial score (nSPS) is 11.1. The summed E-state index contributed by atoms with van der Waals surface area (Å²) in [6.07, 6.45) is 0. The van der Waals surface area contributed by atoms with E-state index in [0.717, 1.165) is 28.0 Å². The SMILES string of the molecule is COCCn1c(-c2ccc(C(C)C)cc2)nc2c(C)c(C#N)cc(OC)c21. The molecule has 0 amide bonds. The van der Waals surface area contributed by atoms with Crippen molar-refractivity contribution in [1.82, 2.24) is 9.55 Å². The van der Waals surface area contributed by atoms with Crippen LogP contribution in [-0.2, 0) is 11.3 Å². The van der Waals surface area contributed by atoms with E-state index in [1.54, 1.807) is 20.3 Å². The van der Waals surface area contributed by atoms with Crippen LogP contribution >= 0.6 is 0 Å². The Kier molecular flexibility index (Phi) is 5.48. The summed E-state index contributed by atoms with van der Waals surface area (Å²) in [4.78, 5) is 4.90. The van der Waals surface area contributed by atoms with E-state index in [1.165, 1.54) is 5.56 Å². The zero-order chi connectivity index (χ0) is 19.6. The topological polar surface area (TPSA) is 60.1 Å². The second kappa shape index (κ2) is 7.81. The molecule has 0 fully saturated rings. The fourth-order valence-corrected chi connectivity index (χ4v) is 3.31. The maximum absolute atomic E-state index is 9.45.